The molecule has 0 radical (unpaired) electrons. The van der Waals surface area contributed by atoms with Crippen LogP contribution in [0.25, 0.3) is 0 Å². The van der Waals surface area contributed by atoms with Crippen LogP contribution in [0.5, 0.6) is 0 Å². The smallest absolute Gasteiger partial charge is 0.311 e. The molecule has 0 unspecified atom stereocenters. The predicted molar refractivity (Wildman–Crippen MR) is 52.7 cm³/mol. The van der Waals surface area contributed by atoms with E-state index in [2.05, 4.69) is 0 Å². The van der Waals surface area contributed by atoms with Crippen LogP contribution in [-0.4, -0.2) is 30.8 Å². The molecule has 0 spiro atoms. The maximum absolute atomic E-state index is 11.6. The molecule has 2 N–H and O–H groups in total. The normalized spacial score (nSPS) is 27.7. The number of carbonyl (C=O) groups excluding carboxylic acids is 1. The fourth-order valence-electron chi connectivity index (χ4n) is 1.42. The van der Waals surface area contributed by atoms with Crippen LogP contribution in [0.3, 0.4) is 0 Å². The molecular weight excluding hydrogens is 182 g/mol. The van der Waals surface area contributed by atoms with Crippen molar-refractivity contribution in [1.29, 1.82) is 0 Å². The van der Waals surface area contributed by atoms with Crippen molar-refractivity contribution >= 4 is 5.97 Å². The molecule has 0 bridgehead atoms. The van der Waals surface area contributed by atoms with Gasteiger partial charge in [-0.15, -0.1) is 0 Å². The van der Waals surface area contributed by atoms with Crippen molar-refractivity contribution in [3.63, 3.8) is 0 Å². The summed E-state index contributed by atoms with van der Waals surface area (Å²) in [5, 5.41) is 0. The van der Waals surface area contributed by atoms with E-state index in [1.807, 2.05) is 20.8 Å². The summed E-state index contributed by atoms with van der Waals surface area (Å²) in [5.41, 5.74) is 5.03. The molecule has 1 saturated heterocycles. The zero-order valence-corrected chi connectivity index (χ0v) is 9.08. The maximum Gasteiger partial charge on any atom is 0.311 e. The van der Waals surface area contributed by atoms with Gasteiger partial charge in [-0.2, -0.15) is 0 Å². The van der Waals surface area contributed by atoms with Gasteiger partial charge in [0.25, 0.3) is 0 Å². The molecule has 14 heavy (non-hydrogen) atoms. The molecular formula is C10H19NO3. The summed E-state index contributed by atoms with van der Waals surface area (Å²) < 4.78 is 10.6. The highest BCUT2D eigenvalue weighted by Crippen LogP contribution is 2.22. The summed E-state index contributed by atoms with van der Waals surface area (Å²) in [6.45, 7) is 6.50. The molecule has 0 aromatic carbocycles. The SMILES string of the molecule is CC(C)(C)OC(=O)[C@@H]1CO[C@H](CN)C1. The molecule has 2 atom stereocenters. The Hall–Kier alpha value is -0.610. The van der Waals surface area contributed by atoms with Gasteiger partial charge in [0.15, 0.2) is 0 Å². The molecule has 4 nitrogen and oxygen atoms in total. The van der Waals surface area contributed by atoms with Gasteiger partial charge >= 0.3 is 5.97 Å². The van der Waals surface area contributed by atoms with Gasteiger partial charge in [-0.05, 0) is 27.2 Å². The van der Waals surface area contributed by atoms with Gasteiger partial charge in [0.05, 0.1) is 18.6 Å². The molecule has 0 aromatic rings. The van der Waals surface area contributed by atoms with Gasteiger partial charge in [-0.1, -0.05) is 0 Å². The van der Waals surface area contributed by atoms with Crippen LogP contribution in [0.2, 0.25) is 0 Å². The minimum absolute atomic E-state index is 0.0209. The number of esters is 1. The van der Waals surface area contributed by atoms with E-state index >= 15 is 0 Å². The Morgan fingerprint density at radius 2 is 2.21 bits per heavy atom. The molecule has 1 heterocycles. The fourth-order valence-corrected chi connectivity index (χ4v) is 1.42. The molecule has 0 aliphatic carbocycles. The van der Waals surface area contributed by atoms with Gasteiger partial charge in [-0.3, -0.25) is 4.79 Å². The van der Waals surface area contributed by atoms with Crippen LogP contribution in [0.4, 0.5) is 0 Å². The van der Waals surface area contributed by atoms with Crippen LogP contribution >= 0.6 is 0 Å². The first kappa shape index (κ1) is 11.5. The summed E-state index contributed by atoms with van der Waals surface area (Å²) in [4.78, 5) is 11.6. The van der Waals surface area contributed by atoms with Crippen molar-refractivity contribution in [2.45, 2.75) is 38.9 Å². The topological polar surface area (TPSA) is 61.5 Å². The number of ether oxygens (including phenoxy) is 2. The first-order valence-electron chi connectivity index (χ1n) is 4.97. The number of rotatable bonds is 2. The summed E-state index contributed by atoms with van der Waals surface area (Å²) in [7, 11) is 0. The lowest BCUT2D eigenvalue weighted by Crippen LogP contribution is -2.29. The van der Waals surface area contributed by atoms with Crippen LogP contribution in [-0.2, 0) is 14.3 Å². The third kappa shape index (κ3) is 3.27. The second-order valence-electron chi connectivity index (χ2n) is 4.66. The third-order valence-electron chi connectivity index (χ3n) is 2.08. The minimum Gasteiger partial charge on any atom is -0.460 e. The van der Waals surface area contributed by atoms with E-state index in [1.54, 1.807) is 0 Å². The van der Waals surface area contributed by atoms with Crippen LogP contribution in [0.15, 0.2) is 0 Å². The quantitative estimate of drug-likeness (QED) is 0.668. The highest BCUT2D eigenvalue weighted by molar-refractivity contribution is 5.73. The Morgan fingerprint density at radius 3 is 2.64 bits per heavy atom. The largest absolute Gasteiger partial charge is 0.460 e. The van der Waals surface area contributed by atoms with Crippen molar-refractivity contribution < 1.29 is 14.3 Å². The van der Waals surface area contributed by atoms with E-state index in [0.717, 1.165) is 0 Å². The van der Waals surface area contributed by atoms with Crippen LogP contribution in [0, 0.1) is 5.92 Å². The summed E-state index contributed by atoms with van der Waals surface area (Å²) in [6, 6.07) is 0. The van der Waals surface area contributed by atoms with Gasteiger partial charge < -0.3 is 15.2 Å². The third-order valence-corrected chi connectivity index (χ3v) is 2.08. The molecule has 1 aliphatic rings. The fraction of sp³-hybridized carbons (Fsp3) is 0.900. The Kier molecular flexibility index (Phi) is 3.50. The monoisotopic (exact) mass is 201 g/mol. The highest BCUT2D eigenvalue weighted by Gasteiger charge is 2.33. The lowest BCUT2D eigenvalue weighted by atomic mass is 10.1. The molecule has 0 amide bonds. The second-order valence-corrected chi connectivity index (χ2v) is 4.66. The van der Waals surface area contributed by atoms with Gasteiger partial charge in [-0.25, -0.2) is 0 Å². The van der Waals surface area contributed by atoms with Crippen LogP contribution < -0.4 is 5.73 Å². The van der Waals surface area contributed by atoms with E-state index in [-0.39, 0.29) is 18.0 Å². The standard InChI is InChI=1S/C10H19NO3/c1-10(2,3)14-9(12)7-4-8(5-11)13-6-7/h7-8H,4-6,11H2,1-3H3/t7-,8-/m0/s1. The van der Waals surface area contributed by atoms with Crippen molar-refractivity contribution in [3.8, 4) is 0 Å². The predicted octanol–water partition coefficient (Wildman–Crippen LogP) is 0.692. The molecule has 82 valence electrons. The van der Waals surface area contributed by atoms with Crippen molar-refractivity contribution in [2.24, 2.45) is 11.7 Å². The molecule has 1 aliphatic heterocycles. The van der Waals surface area contributed by atoms with E-state index in [1.165, 1.54) is 0 Å². The number of hydrogen-bond donors (Lipinski definition) is 1. The second kappa shape index (κ2) is 4.28. The first-order valence-corrected chi connectivity index (χ1v) is 4.97. The van der Waals surface area contributed by atoms with Gasteiger partial charge in [0.2, 0.25) is 0 Å². The number of nitrogens with two attached hydrogens (primary N) is 1. The Balaban J connectivity index is 2.40. The van der Waals surface area contributed by atoms with E-state index in [0.29, 0.717) is 19.6 Å². The zero-order chi connectivity index (χ0) is 10.8. The van der Waals surface area contributed by atoms with Gasteiger partial charge in [0.1, 0.15) is 5.60 Å². The average Bonchev–Trinajstić information content (AvgIpc) is 2.48. The van der Waals surface area contributed by atoms with Crippen molar-refractivity contribution in [1.82, 2.24) is 0 Å². The maximum atomic E-state index is 11.6. The molecule has 0 aromatic heterocycles. The number of carbonyl (C=O) groups is 1. The molecule has 4 heteroatoms. The Morgan fingerprint density at radius 1 is 1.57 bits per heavy atom. The average molecular weight is 201 g/mol. The highest BCUT2D eigenvalue weighted by atomic mass is 16.6. The van der Waals surface area contributed by atoms with Crippen molar-refractivity contribution in [2.75, 3.05) is 13.2 Å². The lowest BCUT2D eigenvalue weighted by Gasteiger charge is -2.21. The summed E-state index contributed by atoms with van der Waals surface area (Å²) in [6.07, 6.45) is 0.707. The molecule has 1 rings (SSSR count). The first-order chi connectivity index (χ1) is 6.42. The number of hydrogen-bond acceptors (Lipinski definition) is 4. The minimum atomic E-state index is -0.419. The Bertz CT molecular complexity index is 210. The molecule has 0 saturated carbocycles. The summed E-state index contributed by atoms with van der Waals surface area (Å²) in [5.74, 6) is -0.309. The summed E-state index contributed by atoms with van der Waals surface area (Å²) >= 11 is 0. The van der Waals surface area contributed by atoms with Crippen LogP contribution in [0.1, 0.15) is 27.2 Å². The van der Waals surface area contributed by atoms with Gasteiger partial charge in [0, 0.05) is 6.54 Å². The van der Waals surface area contributed by atoms with E-state index < -0.39 is 5.60 Å². The van der Waals surface area contributed by atoms with E-state index in [9.17, 15) is 4.79 Å². The Labute approximate surface area is 84.7 Å². The molecule has 1 fully saturated rings. The lowest BCUT2D eigenvalue weighted by molar-refractivity contribution is -0.159. The zero-order valence-electron chi connectivity index (χ0n) is 9.08. The van der Waals surface area contributed by atoms with Crippen molar-refractivity contribution in [3.05, 3.63) is 0 Å². The van der Waals surface area contributed by atoms with E-state index in [4.69, 9.17) is 15.2 Å².